The van der Waals surface area contributed by atoms with Crippen LogP contribution in [-0.2, 0) is 26.7 Å². The van der Waals surface area contributed by atoms with Crippen LogP contribution in [0.5, 0.6) is 5.75 Å². The predicted octanol–water partition coefficient (Wildman–Crippen LogP) is 3.57. The van der Waals surface area contributed by atoms with E-state index < -0.39 is 10.0 Å². The number of carbonyl (C=O) groups excluding carboxylic acids is 1. The summed E-state index contributed by atoms with van der Waals surface area (Å²) in [6.45, 7) is 7.41. The SMILES string of the molecule is CC1(C)[C@H]2Cc3c(O)cccc3[C@]1(C)CCN2C(=O)[C@@H]1CCC(NS(=O)(=O)c2ccco2)C1. The monoisotopic (exact) mass is 472 g/mol. The zero-order chi connectivity index (χ0) is 23.6. The lowest BCUT2D eigenvalue weighted by Crippen LogP contribution is -2.65. The molecule has 0 radical (unpaired) electrons. The summed E-state index contributed by atoms with van der Waals surface area (Å²) in [6.07, 6.45) is 4.58. The molecule has 2 bridgehead atoms. The molecular formula is C25H32N2O5S. The van der Waals surface area contributed by atoms with Gasteiger partial charge in [-0.15, -0.1) is 0 Å². The van der Waals surface area contributed by atoms with E-state index in [1.165, 1.54) is 17.9 Å². The first-order chi connectivity index (χ1) is 15.5. The molecule has 2 aromatic rings. The molecule has 0 spiro atoms. The Morgan fingerprint density at radius 2 is 1.97 bits per heavy atom. The number of fused-ring (bicyclic) bond motifs is 4. The van der Waals surface area contributed by atoms with Crippen LogP contribution in [0.25, 0.3) is 0 Å². The van der Waals surface area contributed by atoms with Crippen molar-refractivity contribution < 1.29 is 22.7 Å². The highest BCUT2D eigenvalue weighted by Gasteiger charge is 2.57. The van der Waals surface area contributed by atoms with Crippen molar-refractivity contribution in [3.63, 3.8) is 0 Å². The van der Waals surface area contributed by atoms with Crippen LogP contribution in [0.4, 0.5) is 0 Å². The molecule has 4 atom stereocenters. The van der Waals surface area contributed by atoms with Gasteiger partial charge in [-0.25, -0.2) is 13.1 Å². The molecule has 2 aliphatic carbocycles. The summed E-state index contributed by atoms with van der Waals surface area (Å²) in [4.78, 5) is 15.7. The minimum atomic E-state index is -3.72. The molecule has 3 aliphatic rings. The highest BCUT2D eigenvalue weighted by Crippen LogP contribution is 2.57. The number of carbonyl (C=O) groups is 1. The molecule has 7 nitrogen and oxygen atoms in total. The number of piperidine rings is 1. The third-order valence-electron chi connectivity index (χ3n) is 8.77. The fraction of sp³-hybridized carbons (Fsp3) is 0.560. The minimum absolute atomic E-state index is 0.0107. The second kappa shape index (κ2) is 7.60. The lowest BCUT2D eigenvalue weighted by molar-refractivity contribution is -0.148. The number of hydrogen-bond acceptors (Lipinski definition) is 5. The van der Waals surface area contributed by atoms with Gasteiger partial charge < -0.3 is 14.4 Å². The molecule has 2 heterocycles. The first-order valence-electron chi connectivity index (χ1n) is 11.7. The number of nitrogens with one attached hydrogen (secondary N) is 1. The van der Waals surface area contributed by atoms with Gasteiger partial charge in [0.15, 0.2) is 0 Å². The fourth-order valence-electron chi connectivity index (χ4n) is 6.43. The summed E-state index contributed by atoms with van der Waals surface area (Å²) in [6, 6.07) is 8.43. The summed E-state index contributed by atoms with van der Waals surface area (Å²) in [5.41, 5.74) is 1.87. The normalized spacial score (nSPS) is 30.8. The summed E-state index contributed by atoms with van der Waals surface area (Å²) in [5.74, 6) is 0.204. The van der Waals surface area contributed by atoms with Crippen molar-refractivity contribution in [2.45, 2.75) is 75.5 Å². The van der Waals surface area contributed by atoms with Gasteiger partial charge in [-0.05, 0) is 66.8 Å². The topological polar surface area (TPSA) is 99.9 Å². The fourth-order valence-corrected chi connectivity index (χ4v) is 7.64. The van der Waals surface area contributed by atoms with Crippen LogP contribution in [0.3, 0.4) is 0 Å². The van der Waals surface area contributed by atoms with Crippen LogP contribution >= 0.6 is 0 Å². The summed E-state index contributed by atoms with van der Waals surface area (Å²) >= 11 is 0. The van der Waals surface area contributed by atoms with Gasteiger partial charge in [-0.1, -0.05) is 32.9 Å². The number of aromatic hydroxyl groups is 1. The third-order valence-corrected chi connectivity index (χ3v) is 10.2. The molecule has 1 saturated carbocycles. The Balaban J connectivity index is 1.35. The van der Waals surface area contributed by atoms with Gasteiger partial charge in [-0.3, -0.25) is 4.79 Å². The first-order valence-corrected chi connectivity index (χ1v) is 13.2. The Labute approximate surface area is 195 Å². The van der Waals surface area contributed by atoms with Gasteiger partial charge >= 0.3 is 0 Å². The number of hydrogen-bond donors (Lipinski definition) is 2. The van der Waals surface area contributed by atoms with Crippen molar-refractivity contribution in [3.8, 4) is 5.75 Å². The molecule has 2 fully saturated rings. The number of nitrogens with zero attached hydrogens (tertiary/aromatic N) is 1. The standard InChI is InChI=1S/C25H32N2O5S/c1-24(2)21-15-18-19(6-4-7-20(18)28)25(24,3)11-12-27(21)23(29)16-9-10-17(14-16)26-33(30,31)22-8-5-13-32-22/h4-8,13,16-17,21,26,28H,9-12,14-15H2,1-3H3/t16-,17?,21-,25+/m1/s1. The van der Waals surface area contributed by atoms with Gasteiger partial charge in [0.25, 0.3) is 10.0 Å². The molecule has 5 rings (SSSR count). The van der Waals surface area contributed by atoms with Crippen molar-refractivity contribution in [1.29, 1.82) is 0 Å². The number of phenols is 1. The summed E-state index contributed by atoms with van der Waals surface area (Å²) in [5, 5.41) is 10.5. The van der Waals surface area contributed by atoms with E-state index in [1.54, 1.807) is 12.1 Å². The van der Waals surface area contributed by atoms with Crippen LogP contribution in [0.2, 0.25) is 0 Å². The van der Waals surface area contributed by atoms with E-state index in [9.17, 15) is 18.3 Å². The molecule has 2 N–H and O–H groups in total. The number of likely N-dealkylation sites (tertiary alicyclic amines) is 1. The maximum atomic E-state index is 13.7. The first kappa shape index (κ1) is 22.5. The number of phenolic OH excluding ortho intramolecular Hbond substituents is 1. The van der Waals surface area contributed by atoms with E-state index in [4.69, 9.17) is 4.42 Å². The van der Waals surface area contributed by atoms with Crippen LogP contribution in [0.15, 0.2) is 46.1 Å². The summed E-state index contributed by atoms with van der Waals surface area (Å²) in [7, 11) is -3.72. The highest BCUT2D eigenvalue weighted by atomic mass is 32.2. The number of furan rings is 1. The largest absolute Gasteiger partial charge is 0.508 e. The number of rotatable bonds is 4. The van der Waals surface area contributed by atoms with E-state index in [0.717, 1.165) is 12.0 Å². The number of benzene rings is 1. The Morgan fingerprint density at radius 3 is 2.70 bits per heavy atom. The molecule has 33 heavy (non-hydrogen) atoms. The maximum Gasteiger partial charge on any atom is 0.274 e. The predicted molar refractivity (Wildman–Crippen MR) is 123 cm³/mol. The van der Waals surface area contributed by atoms with Crippen LogP contribution in [0.1, 0.15) is 57.6 Å². The maximum absolute atomic E-state index is 13.7. The van der Waals surface area contributed by atoms with Gasteiger partial charge in [0.1, 0.15) is 5.75 Å². The lowest BCUT2D eigenvalue weighted by atomic mass is 9.51. The third kappa shape index (κ3) is 3.41. The average molecular weight is 473 g/mol. The Morgan fingerprint density at radius 1 is 1.18 bits per heavy atom. The van der Waals surface area contributed by atoms with Crippen molar-refractivity contribution in [1.82, 2.24) is 9.62 Å². The molecular weight excluding hydrogens is 440 g/mol. The van der Waals surface area contributed by atoms with Crippen molar-refractivity contribution in [3.05, 3.63) is 47.7 Å². The van der Waals surface area contributed by atoms with E-state index in [-0.39, 0.29) is 39.8 Å². The van der Waals surface area contributed by atoms with Crippen LogP contribution < -0.4 is 4.72 Å². The quantitative estimate of drug-likeness (QED) is 0.709. The van der Waals surface area contributed by atoms with Crippen LogP contribution in [0, 0.1) is 11.3 Å². The lowest BCUT2D eigenvalue weighted by Gasteiger charge is -2.61. The average Bonchev–Trinajstić information content (AvgIpc) is 3.43. The molecule has 1 unspecified atom stereocenters. The molecule has 8 heteroatoms. The molecule has 178 valence electrons. The molecule has 1 aromatic carbocycles. The zero-order valence-electron chi connectivity index (χ0n) is 19.4. The van der Waals surface area contributed by atoms with Crippen molar-refractivity contribution in [2.75, 3.05) is 6.54 Å². The Hall–Kier alpha value is -2.32. The molecule has 1 aliphatic heterocycles. The zero-order valence-corrected chi connectivity index (χ0v) is 20.2. The second-order valence-corrected chi connectivity index (χ2v) is 12.3. The van der Waals surface area contributed by atoms with Gasteiger partial charge in [0, 0.05) is 30.0 Å². The van der Waals surface area contributed by atoms with E-state index in [2.05, 4.69) is 31.6 Å². The minimum Gasteiger partial charge on any atom is -0.508 e. The summed E-state index contributed by atoms with van der Waals surface area (Å²) < 4.78 is 32.8. The van der Waals surface area contributed by atoms with E-state index in [1.807, 2.05) is 11.0 Å². The molecule has 1 saturated heterocycles. The number of amides is 1. The van der Waals surface area contributed by atoms with Crippen molar-refractivity contribution >= 4 is 15.9 Å². The number of sulfonamides is 1. The molecule has 1 amide bonds. The second-order valence-electron chi connectivity index (χ2n) is 10.6. The van der Waals surface area contributed by atoms with Gasteiger partial charge in [0.2, 0.25) is 11.0 Å². The smallest absolute Gasteiger partial charge is 0.274 e. The Bertz CT molecular complexity index is 1170. The van der Waals surface area contributed by atoms with E-state index in [0.29, 0.717) is 38.0 Å². The van der Waals surface area contributed by atoms with Gasteiger partial charge in [0.05, 0.1) is 6.26 Å². The van der Waals surface area contributed by atoms with Gasteiger partial charge in [-0.2, -0.15) is 0 Å². The van der Waals surface area contributed by atoms with Crippen LogP contribution in [-0.4, -0.2) is 43.0 Å². The highest BCUT2D eigenvalue weighted by molar-refractivity contribution is 7.89. The Kier molecular flexibility index (Phi) is 5.17. The molecule has 1 aromatic heterocycles. The van der Waals surface area contributed by atoms with E-state index >= 15 is 0 Å². The van der Waals surface area contributed by atoms with Crippen molar-refractivity contribution in [2.24, 2.45) is 11.3 Å².